The smallest absolute Gasteiger partial charge is 0.258 e. The number of aryl methyl sites for hydroxylation is 1. The molecule has 0 fully saturated rings. The van der Waals surface area contributed by atoms with Gasteiger partial charge in [-0.15, -0.1) is 0 Å². The summed E-state index contributed by atoms with van der Waals surface area (Å²) in [6.45, 7) is 1.43. The van der Waals surface area contributed by atoms with Crippen LogP contribution in [0, 0.1) is 18.6 Å². The Morgan fingerprint density at radius 3 is 2.74 bits per heavy atom. The number of carbonyl (C=O) groups is 1. The number of benzene rings is 1. The second-order valence-corrected chi connectivity index (χ2v) is 4.24. The maximum atomic E-state index is 13.6. The Morgan fingerprint density at radius 2 is 2.05 bits per heavy atom. The third-order valence-electron chi connectivity index (χ3n) is 2.50. The molecule has 0 saturated heterocycles. The highest BCUT2D eigenvalue weighted by atomic mass is 35.5. The summed E-state index contributed by atoms with van der Waals surface area (Å²) in [6, 6.07) is 4.89. The highest BCUT2D eigenvalue weighted by Crippen LogP contribution is 2.20. The summed E-state index contributed by atoms with van der Waals surface area (Å²) in [4.78, 5) is 15.6. The SMILES string of the molecule is Cc1cc(F)c(NC(=O)c2cccnc2Cl)cc1F. The van der Waals surface area contributed by atoms with E-state index in [1.165, 1.54) is 25.3 Å². The minimum Gasteiger partial charge on any atom is -0.319 e. The molecule has 0 aliphatic rings. The van der Waals surface area contributed by atoms with E-state index in [0.717, 1.165) is 12.1 Å². The summed E-state index contributed by atoms with van der Waals surface area (Å²) in [5.74, 6) is -1.97. The molecule has 0 bridgehead atoms. The van der Waals surface area contributed by atoms with Crippen LogP contribution >= 0.6 is 11.6 Å². The van der Waals surface area contributed by atoms with Gasteiger partial charge in [0.1, 0.15) is 16.8 Å². The Kier molecular flexibility index (Phi) is 3.76. The van der Waals surface area contributed by atoms with Crippen molar-refractivity contribution in [1.82, 2.24) is 4.98 Å². The van der Waals surface area contributed by atoms with Crippen molar-refractivity contribution in [3.63, 3.8) is 0 Å². The third kappa shape index (κ3) is 2.88. The fraction of sp³-hybridized carbons (Fsp3) is 0.0769. The van der Waals surface area contributed by atoms with E-state index in [1.807, 2.05) is 0 Å². The normalized spacial score (nSPS) is 10.3. The molecule has 1 aromatic carbocycles. The van der Waals surface area contributed by atoms with Crippen LogP contribution in [0.2, 0.25) is 5.15 Å². The van der Waals surface area contributed by atoms with Gasteiger partial charge >= 0.3 is 0 Å². The van der Waals surface area contributed by atoms with E-state index in [2.05, 4.69) is 10.3 Å². The van der Waals surface area contributed by atoms with E-state index in [4.69, 9.17) is 11.6 Å². The number of carbonyl (C=O) groups excluding carboxylic acids is 1. The Bertz CT molecular complexity index is 647. The molecule has 0 saturated carbocycles. The third-order valence-corrected chi connectivity index (χ3v) is 2.80. The number of hydrogen-bond acceptors (Lipinski definition) is 2. The zero-order chi connectivity index (χ0) is 14.0. The molecule has 1 N–H and O–H groups in total. The number of amides is 1. The minimum atomic E-state index is -0.715. The molecule has 3 nitrogen and oxygen atoms in total. The van der Waals surface area contributed by atoms with Gasteiger partial charge in [0, 0.05) is 12.3 Å². The Balaban J connectivity index is 2.30. The first kappa shape index (κ1) is 13.4. The summed E-state index contributed by atoms with van der Waals surface area (Å²) >= 11 is 5.74. The molecular formula is C13H9ClF2N2O. The topological polar surface area (TPSA) is 42.0 Å². The van der Waals surface area contributed by atoms with Crippen molar-refractivity contribution in [3.8, 4) is 0 Å². The lowest BCUT2D eigenvalue weighted by Gasteiger charge is -2.08. The van der Waals surface area contributed by atoms with Gasteiger partial charge in [0.15, 0.2) is 0 Å². The van der Waals surface area contributed by atoms with Crippen molar-refractivity contribution in [2.24, 2.45) is 0 Å². The number of nitrogens with zero attached hydrogens (tertiary/aromatic N) is 1. The average Bonchev–Trinajstić information content (AvgIpc) is 2.36. The van der Waals surface area contributed by atoms with Crippen molar-refractivity contribution in [3.05, 3.63) is 58.4 Å². The summed E-state index contributed by atoms with van der Waals surface area (Å²) < 4.78 is 26.9. The molecule has 2 aromatic rings. The van der Waals surface area contributed by atoms with Gasteiger partial charge in [-0.05, 0) is 30.7 Å². The van der Waals surface area contributed by atoms with Crippen molar-refractivity contribution < 1.29 is 13.6 Å². The molecule has 1 amide bonds. The molecule has 1 aromatic heterocycles. The standard InChI is InChI=1S/C13H9ClF2N2O/c1-7-5-10(16)11(6-9(7)15)18-13(19)8-3-2-4-17-12(8)14/h2-6H,1H3,(H,18,19). The first-order chi connectivity index (χ1) is 8.99. The van der Waals surface area contributed by atoms with Gasteiger partial charge in [0.25, 0.3) is 5.91 Å². The Morgan fingerprint density at radius 1 is 1.32 bits per heavy atom. The molecule has 6 heteroatoms. The molecule has 1 heterocycles. The predicted octanol–water partition coefficient (Wildman–Crippen LogP) is 3.57. The highest BCUT2D eigenvalue weighted by Gasteiger charge is 2.14. The number of hydrogen-bond donors (Lipinski definition) is 1. The van der Waals surface area contributed by atoms with Crippen LogP contribution in [-0.4, -0.2) is 10.9 Å². The number of nitrogens with one attached hydrogen (secondary N) is 1. The van der Waals surface area contributed by atoms with Crippen LogP contribution in [0.5, 0.6) is 0 Å². The summed E-state index contributed by atoms with van der Waals surface area (Å²) in [6.07, 6.45) is 1.42. The van der Waals surface area contributed by atoms with E-state index < -0.39 is 17.5 Å². The zero-order valence-corrected chi connectivity index (χ0v) is 10.6. The lowest BCUT2D eigenvalue weighted by molar-refractivity contribution is 0.102. The van der Waals surface area contributed by atoms with Gasteiger partial charge in [-0.1, -0.05) is 11.6 Å². The maximum Gasteiger partial charge on any atom is 0.258 e. The second kappa shape index (κ2) is 5.32. The van der Waals surface area contributed by atoms with E-state index in [0.29, 0.717) is 0 Å². The number of aromatic nitrogens is 1. The second-order valence-electron chi connectivity index (χ2n) is 3.88. The lowest BCUT2D eigenvalue weighted by atomic mass is 10.2. The van der Waals surface area contributed by atoms with Crippen LogP contribution in [0.15, 0.2) is 30.5 Å². The van der Waals surface area contributed by atoms with E-state index >= 15 is 0 Å². The molecule has 2 rings (SSSR count). The fourth-order valence-electron chi connectivity index (χ4n) is 1.49. The van der Waals surface area contributed by atoms with E-state index in [-0.39, 0.29) is 22.0 Å². The fourth-order valence-corrected chi connectivity index (χ4v) is 1.69. The van der Waals surface area contributed by atoms with Gasteiger partial charge in [-0.2, -0.15) is 0 Å². The van der Waals surface area contributed by atoms with Crippen molar-refractivity contribution >= 4 is 23.2 Å². The van der Waals surface area contributed by atoms with Gasteiger partial charge < -0.3 is 5.32 Å². The van der Waals surface area contributed by atoms with E-state index in [1.54, 1.807) is 0 Å². The van der Waals surface area contributed by atoms with Crippen LogP contribution in [-0.2, 0) is 0 Å². The number of pyridine rings is 1. The van der Waals surface area contributed by atoms with Crippen molar-refractivity contribution in [2.45, 2.75) is 6.92 Å². The van der Waals surface area contributed by atoms with Crippen LogP contribution < -0.4 is 5.32 Å². The van der Waals surface area contributed by atoms with Crippen LogP contribution in [0.25, 0.3) is 0 Å². The minimum absolute atomic E-state index is 0.00649. The number of rotatable bonds is 2. The van der Waals surface area contributed by atoms with Gasteiger partial charge in [-0.3, -0.25) is 4.79 Å². The first-order valence-electron chi connectivity index (χ1n) is 5.36. The quantitative estimate of drug-likeness (QED) is 0.856. The lowest BCUT2D eigenvalue weighted by Crippen LogP contribution is -2.14. The van der Waals surface area contributed by atoms with Crippen LogP contribution in [0.3, 0.4) is 0 Å². The average molecular weight is 283 g/mol. The largest absolute Gasteiger partial charge is 0.319 e. The molecule has 0 aliphatic carbocycles. The Hall–Kier alpha value is -2.01. The molecule has 0 atom stereocenters. The number of halogens is 3. The maximum absolute atomic E-state index is 13.6. The predicted molar refractivity (Wildman–Crippen MR) is 68.3 cm³/mol. The van der Waals surface area contributed by atoms with Gasteiger partial charge in [0.2, 0.25) is 0 Å². The van der Waals surface area contributed by atoms with Crippen molar-refractivity contribution in [2.75, 3.05) is 5.32 Å². The molecule has 0 unspecified atom stereocenters. The molecule has 98 valence electrons. The summed E-state index contributed by atoms with van der Waals surface area (Å²) in [5.41, 5.74) is 0.00692. The summed E-state index contributed by atoms with van der Waals surface area (Å²) in [5, 5.41) is 2.25. The molecule has 19 heavy (non-hydrogen) atoms. The first-order valence-corrected chi connectivity index (χ1v) is 5.74. The molecular weight excluding hydrogens is 274 g/mol. The van der Waals surface area contributed by atoms with Gasteiger partial charge in [-0.25, -0.2) is 13.8 Å². The monoisotopic (exact) mass is 282 g/mol. The molecule has 0 spiro atoms. The highest BCUT2D eigenvalue weighted by molar-refractivity contribution is 6.33. The van der Waals surface area contributed by atoms with Crippen LogP contribution in [0.1, 0.15) is 15.9 Å². The number of anilines is 1. The molecule has 0 aliphatic heterocycles. The zero-order valence-electron chi connectivity index (χ0n) is 9.88. The summed E-state index contributed by atoms with van der Waals surface area (Å²) in [7, 11) is 0. The van der Waals surface area contributed by atoms with E-state index in [9.17, 15) is 13.6 Å². The Labute approximate surface area is 113 Å². The molecule has 0 radical (unpaired) electrons. The van der Waals surface area contributed by atoms with Crippen molar-refractivity contribution in [1.29, 1.82) is 0 Å². The van der Waals surface area contributed by atoms with Gasteiger partial charge in [0.05, 0.1) is 11.3 Å². The van der Waals surface area contributed by atoms with Crippen LogP contribution in [0.4, 0.5) is 14.5 Å².